The maximum Gasteiger partial charge on any atom is 0.306 e. The number of esters is 3. The van der Waals surface area contributed by atoms with Gasteiger partial charge in [-0.15, -0.1) is 0 Å². The summed E-state index contributed by atoms with van der Waals surface area (Å²) in [5.74, 6) is -1.03. The molecule has 0 fully saturated rings. The lowest BCUT2D eigenvalue weighted by Gasteiger charge is -2.18. The van der Waals surface area contributed by atoms with Crippen molar-refractivity contribution in [3.8, 4) is 0 Å². The molecule has 6 heteroatoms. The van der Waals surface area contributed by atoms with Crippen LogP contribution in [0.15, 0.2) is 97.2 Å². The number of carbonyl (C=O) groups excluding carboxylic acids is 3. The SMILES string of the molecule is CC/C=C\C/C=C\C/C=C\C/C=C\CCC(=O)OC(COC(=O)CCCCCCC/C=C\CCCC)COC(=O)CCCCCCCC/C=C\C/C=C\C/C=C\CCCCC. The number of ether oxygens (including phenoxy) is 3. The third-order valence-electron chi connectivity index (χ3n) is 10.1. The molecular weight excluding hydrogens is 757 g/mol. The summed E-state index contributed by atoms with van der Waals surface area (Å²) >= 11 is 0. The highest BCUT2D eigenvalue weighted by molar-refractivity contribution is 5.71. The second kappa shape index (κ2) is 49.0. The molecule has 61 heavy (non-hydrogen) atoms. The van der Waals surface area contributed by atoms with E-state index in [-0.39, 0.29) is 31.6 Å². The van der Waals surface area contributed by atoms with Crippen molar-refractivity contribution >= 4 is 17.9 Å². The predicted octanol–water partition coefficient (Wildman–Crippen LogP) is 16.2. The number of hydrogen-bond donors (Lipinski definition) is 0. The van der Waals surface area contributed by atoms with E-state index in [9.17, 15) is 14.4 Å². The smallest absolute Gasteiger partial charge is 0.306 e. The molecule has 0 amide bonds. The van der Waals surface area contributed by atoms with Crippen molar-refractivity contribution in [3.63, 3.8) is 0 Å². The van der Waals surface area contributed by atoms with Gasteiger partial charge in [0, 0.05) is 19.3 Å². The number of unbranched alkanes of at least 4 members (excludes halogenated alkanes) is 16. The number of carbonyl (C=O) groups is 3. The summed E-state index contributed by atoms with van der Waals surface area (Å²) in [4.78, 5) is 37.8. The highest BCUT2D eigenvalue weighted by atomic mass is 16.6. The second-order valence-corrected chi connectivity index (χ2v) is 16.0. The first-order valence-corrected chi connectivity index (χ1v) is 24.7. The van der Waals surface area contributed by atoms with Crippen LogP contribution in [-0.2, 0) is 28.6 Å². The lowest BCUT2D eigenvalue weighted by Crippen LogP contribution is -2.30. The summed E-state index contributed by atoms with van der Waals surface area (Å²) in [6.07, 6.45) is 64.0. The normalized spacial score (nSPS) is 12.9. The van der Waals surface area contributed by atoms with Crippen molar-refractivity contribution in [1.29, 1.82) is 0 Å². The van der Waals surface area contributed by atoms with Crippen LogP contribution in [0, 0.1) is 0 Å². The maximum atomic E-state index is 12.7. The van der Waals surface area contributed by atoms with Gasteiger partial charge in [-0.25, -0.2) is 0 Å². The average molecular weight is 847 g/mol. The van der Waals surface area contributed by atoms with Crippen LogP contribution in [0.2, 0.25) is 0 Å². The molecule has 0 bridgehead atoms. The monoisotopic (exact) mass is 847 g/mol. The highest BCUT2D eigenvalue weighted by Crippen LogP contribution is 2.12. The topological polar surface area (TPSA) is 78.9 Å². The molecule has 0 radical (unpaired) electrons. The number of rotatable bonds is 43. The van der Waals surface area contributed by atoms with E-state index in [1.54, 1.807) is 0 Å². The number of hydrogen-bond acceptors (Lipinski definition) is 6. The quantitative estimate of drug-likeness (QED) is 0.0263. The van der Waals surface area contributed by atoms with Crippen LogP contribution in [0.5, 0.6) is 0 Å². The lowest BCUT2D eigenvalue weighted by molar-refractivity contribution is -0.166. The second-order valence-electron chi connectivity index (χ2n) is 16.0. The third-order valence-corrected chi connectivity index (χ3v) is 10.1. The molecular formula is C55H90O6. The first-order chi connectivity index (χ1) is 30.0. The summed E-state index contributed by atoms with van der Waals surface area (Å²) in [7, 11) is 0. The Morgan fingerprint density at radius 3 is 1.13 bits per heavy atom. The molecule has 6 nitrogen and oxygen atoms in total. The Balaban J connectivity index is 4.47. The van der Waals surface area contributed by atoms with Gasteiger partial charge in [-0.05, 0) is 103 Å². The average Bonchev–Trinajstić information content (AvgIpc) is 3.26. The van der Waals surface area contributed by atoms with Crippen LogP contribution in [-0.4, -0.2) is 37.2 Å². The molecule has 0 aliphatic carbocycles. The van der Waals surface area contributed by atoms with Crippen molar-refractivity contribution in [2.75, 3.05) is 13.2 Å². The Labute approximate surface area is 375 Å². The van der Waals surface area contributed by atoms with Gasteiger partial charge in [-0.3, -0.25) is 14.4 Å². The molecule has 0 aliphatic rings. The van der Waals surface area contributed by atoms with Crippen LogP contribution in [0.1, 0.15) is 213 Å². The fourth-order valence-corrected chi connectivity index (χ4v) is 6.32. The number of allylic oxidation sites excluding steroid dienone is 16. The summed E-state index contributed by atoms with van der Waals surface area (Å²) in [6.45, 7) is 6.35. The van der Waals surface area contributed by atoms with Gasteiger partial charge in [0.2, 0.25) is 0 Å². The van der Waals surface area contributed by atoms with Gasteiger partial charge in [0.15, 0.2) is 6.10 Å². The molecule has 1 unspecified atom stereocenters. The standard InChI is InChI=1S/C55H90O6/c1-4-7-10-13-16-19-22-24-25-26-27-28-29-31-33-36-39-42-45-48-54(57)60-51-52(50-59-53(56)47-44-41-38-35-32-21-18-15-12-9-6-3)61-55(58)49-46-43-40-37-34-30-23-20-17-14-11-8-5-2/h8,11,15-20,24-25,27-28,30,34,40,43,52H,4-7,9-10,12-14,21-23,26,29,31-33,35-39,41-42,44-51H2,1-3H3/b11-8-,18-15-,19-16-,20-17-,25-24-,28-27-,34-30-,43-40-. The minimum Gasteiger partial charge on any atom is -0.462 e. The molecule has 0 N–H and O–H groups in total. The fourth-order valence-electron chi connectivity index (χ4n) is 6.32. The van der Waals surface area contributed by atoms with Crippen molar-refractivity contribution < 1.29 is 28.6 Å². The molecule has 0 saturated heterocycles. The molecule has 1 atom stereocenters. The molecule has 0 spiro atoms. The van der Waals surface area contributed by atoms with E-state index in [4.69, 9.17) is 14.2 Å². The molecule has 0 saturated carbocycles. The van der Waals surface area contributed by atoms with Gasteiger partial charge in [0.05, 0.1) is 0 Å². The lowest BCUT2D eigenvalue weighted by atomic mass is 10.1. The van der Waals surface area contributed by atoms with Gasteiger partial charge < -0.3 is 14.2 Å². The van der Waals surface area contributed by atoms with Crippen molar-refractivity contribution in [1.82, 2.24) is 0 Å². The van der Waals surface area contributed by atoms with Gasteiger partial charge in [0.25, 0.3) is 0 Å². The van der Waals surface area contributed by atoms with E-state index in [1.165, 1.54) is 64.2 Å². The van der Waals surface area contributed by atoms with E-state index < -0.39 is 12.1 Å². The van der Waals surface area contributed by atoms with Crippen LogP contribution < -0.4 is 0 Å². The Bertz CT molecular complexity index is 1250. The first kappa shape index (κ1) is 57.3. The van der Waals surface area contributed by atoms with Crippen LogP contribution in [0.4, 0.5) is 0 Å². The van der Waals surface area contributed by atoms with E-state index in [0.29, 0.717) is 19.3 Å². The predicted molar refractivity (Wildman–Crippen MR) is 260 cm³/mol. The van der Waals surface area contributed by atoms with Crippen molar-refractivity contribution in [2.45, 2.75) is 219 Å². The molecule has 0 aromatic carbocycles. The van der Waals surface area contributed by atoms with E-state index in [2.05, 4.69) is 106 Å². The zero-order valence-electron chi connectivity index (χ0n) is 39.4. The summed E-state index contributed by atoms with van der Waals surface area (Å²) in [6, 6.07) is 0. The summed E-state index contributed by atoms with van der Waals surface area (Å²) in [5, 5.41) is 0. The molecule has 0 heterocycles. The third kappa shape index (κ3) is 47.2. The van der Waals surface area contributed by atoms with Crippen LogP contribution in [0.25, 0.3) is 0 Å². The first-order valence-electron chi connectivity index (χ1n) is 24.7. The summed E-state index contributed by atoms with van der Waals surface area (Å²) in [5.41, 5.74) is 0. The Kier molecular flexibility index (Phi) is 46.0. The minimum atomic E-state index is -0.824. The zero-order valence-corrected chi connectivity index (χ0v) is 39.4. The molecule has 0 aromatic heterocycles. The zero-order chi connectivity index (χ0) is 44.4. The largest absolute Gasteiger partial charge is 0.462 e. The van der Waals surface area contributed by atoms with Gasteiger partial charge in [-0.1, -0.05) is 189 Å². The van der Waals surface area contributed by atoms with Gasteiger partial charge in [0.1, 0.15) is 13.2 Å². The Hall–Kier alpha value is -3.67. The van der Waals surface area contributed by atoms with E-state index in [0.717, 1.165) is 103 Å². The van der Waals surface area contributed by atoms with Gasteiger partial charge in [-0.2, -0.15) is 0 Å². The Morgan fingerprint density at radius 2 is 0.689 bits per heavy atom. The maximum absolute atomic E-state index is 12.7. The van der Waals surface area contributed by atoms with E-state index >= 15 is 0 Å². The summed E-state index contributed by atoms with van der Waals surface area (Å²) < 4.78 is 16.7. The van der Waals surface area contributed by atoms with Crippen molar-refractivity contribution in [3.05, 3.63) is 97.2 Å². The minimum absolute atomic E-state index is 0.116. The molecule has 0 aromatic rings. The van der Waals surface area contributed by atoms with Crippen molar-refractivity contribution in [2.24, 2.45) is 0 Å². The molecule has 0 rings (SSSR count). The molecule has 346 valence electrons. The van der Waals surface area contributed by atoms with Crippen LogP contribution in [0.3, 0.4) is 0 Å². The van der Waals surface area contributed by atoms with E-state index in [1.807, 2.05) is 12.2 Å². The fraction of sp³-hybridized carbons (Fsp3) is 0.655. The Morgan fingerprint density at radius 1 is 0.344 bits per heavy atom. The van der Waals surface area contributed by atoms with Crippen LogP contribution >= 0.6 is 0 Å². The van der Waals surface area contributed by atoms with Gasteiger partial charge >= 0.3 is 17.9 Å². The highest BCUT2D eigenvalue weighted by Gasteiger charge is 2.19. The molecule has 0 aliphatic heterocycles.